The molecule has 2 aliphatic rings. The zero-order valence-corrected chi connectivity index (χ0v) is 12.6. The number of carbonyl (C=O) groups is 2. The zero-order chi connectivity index (χ0) is 14.5. The number of hydrogen-bond donors (Lipinski definition) is 1. The lowest BCUT2D eigenvalue weighted by atomic mass is 10.0. The van der Waals surface area contributed by atoms with Gasteiger partial charge in [0.05, 0.1) is 6.10 Å². The van der Waals surface area contributed by atoms with Crippen LogP contribution < -0.4 is 5.32 Å². The van der Waals surface area contributed by atoms with Crippen molar-refractivity contribution in [1.29, 1.82) is 0 Å². The maximum absolute atomic E-state index is 12.3. The maximum atomic E-state index is 12.3. The van der Waals surface area contributed by atoms with Crippen LogP contribution in [-0.4, -0.2) is 48.1 Å². The summed E-state index contributed by atoms with van der Waals surface area (Å²) < 4.78 is 5.60. The van der Waals surface area contributed by atoms with E-state index in [1.54, 1.807) is 11.8 Å². The smallest absolute Gasteiger partial charge is 0.245 e. The molecule has 2 rings (SSSR count). The Kier molecular flexibility index (Phi) is 5.40. The maximum Gasteiger partial charge on any atom is 0.245 e. The third-order valence-electron chi connectivity index (χ3n) is 4.20. The van der Waals surface area contributed by atoms with E-state index < -0.39 is 6.04 Å². The van der Waals surface area contributed by atoms with E-state index in [-0.39, 0.29) is 17.9 Å². The summed E-state index contributed by atoms with van der Waals surface area (Å²) in [6.07, 6.45) is 6.17. The van der Waals surface area contributed by atoms with E-state index >= 15 is 0 Å². The highest BCUT2D eigenvalue weighted by Gasteiger charge is 2.37. The van der Waals surface area contributed by atoms with Crippen molar-refractivity contribution >= 4 is 11.8 Å². The number of nitrogens with one attached hydrogen (secondary N) is 1. The van der Waals surface area contributed by atoms with Crippen molar-refractivity contribution in [2.75, 3.05) is 13.2 Å². The molecule has 3 atom stereocenters. The molecule has 2 heterocycles. The van der Waals surface area contributed by atoms with Gasteiger partial charge in [-0.15, -0.1) is 0 Å². The predicted octanol–water partition coefficient (Wildman–Crippen LogP) is 1.46. The summed E-state index contributed by atoms with van der Waals surface area (Å²) in [5, 5.41) is 2.77. The van der Waals surface area contributed by atoms with Crippen LogP contribution in [0.5, 0.6) is 0 Å². The predicted molar refractivity (Wildman–Crippen MR) is 76.2 cm³/mol. The summed E-state index contributed by atoms with van der Waals surface area (Å²) in [6, 6.07) is -0.675. The van der Waals surface area contributed by atoms with Gasteiger partial charge in [0.25, 0.3) is 0 Å². The molecule has 0 bridgehead atoms. The summed E-state index contributed by atoms with van der Waals surface area (Å²) in [6.45, 7) is 5.34. The number of carbonyl (C=O) groups excluding carboxylic acids is 2. The Morgan fingerprint density at radius 2 is 2.15 bits per heavy atom. The van der Waals surface area contributed by atoms with Crippen molar-refractivity contribution in [3.8, 4) is 0 Å². The number of rotatable bonds is 6. The van der Waals surface area contributed by atoms with Gasteiger partial charge in [0.1, 0.15) is 12.1 Å². The topological polar surface area (TPSA) is 58.6 Å². The molecule has 0 aliphatic carbocycles. The fourth-order valence-corrected chi connectivity index (χ4v) is 3.10. The summed E-state index contributed by atoms with van der Waals surface area (Å²) in [4.78, 5) is 26.1. The molecule has 3 unspecified atom stereocenters. The number of ether oxygens (including phenoxy) is 1. The molecule has 2 fully saturated rings. The highest BCUT2D eigenvalue weighted by atomic mass is 16.5. The van der Waals surface area contributed by atoms with Gasteiger partial charge in [0.2, 0.25) is 11.8 Å². The van der Waals surface area contributed by atoms with Crippen LogP contribution in [0.15, 0.2) is 0 Å². The van der Waals surface area contributed by atoms with E-state index in [2.05, 4.69) is 5.32 Å². The Labute approximate surface area is 121 Å². The zero-order valence-electron chi connectivity index (χ0n) is 12.6. The van der Waals surface area contributed by atoms with E-state index in [0.717, 1.165) is 45.1 Å². The van der Waals surface area contributed by atoms with Crippen LogP contribution in [0.25, 0.3) is 0 Å². The fraction of sp³-hybridized carbons (Fsp3) is 0.867. The van der Waals surface area contributed by atoms with Crippen molar-refractivity contribution in [1.82, 2.24) is 10.2 Å². The fourth-order valence-electron chi connectivity index (χ4n) is 3.10. The van der Waals surface area contributed by atoms with Crippen LogP contribution in [0.4, 0.5) is 0 Å². The van der Waals surface area contributed by atoms with Crippen LogP contribution in [0, 0.1) is 0 Å². The van der Waals surface area contributed by atoms with Crippen LogP contribution >= 0.6 is 0 Å². The molecule has 0 aromatic heterocycles. The molecule has 20 heavy (non-hydrogen) atoms. The van der Waals surface area contributed by atoms with E-state index in [1.807, 2.05) is 6.92 Å². The van der Waals surface area contributed by atoms with Gasteiger partial charge >= 0.3 is 0 Å². The van der Waals surface area contributed by atoms with Crippen molar-refractivity contribution in [2.45, 2.75) is 70.6 Å². The Morgan fingerprint density at radius 3 is 2.80 bits per heavy atom. The first-order valence-electron chi connectivity index (χ1n) is 7.86. The van der Waals surface area contributed by atoms with E-state index in [1.165, 1.54) is 0 Å². The van der Waals surface area contributed by atoms with Gasteiger partial charge in [0, 0.05) is 13.2 Å². The lowest BCUT2D eigenvalue weighted by Crippen LogP contribution is -2.62. The minimum Gasteiger partial charge on any atom is -0.378 e. The van der Waals surface area contributed by atoms with Crippen LogP contribution in [-0.2, 0) is 14.3 Å². The number of hydrogen-bond acceptors (Lipinski definition) is 3. The molecule has 0 saturated carbocycles. The Bertz CT molecular complexity index is 353. The highest BCUT2D eigenvalue weighted by Crippen LogP contribution is 2.19. The van der Waals surface area contributed by atoms with Gasteiger partial charge < -0.3 is 15.0 Å². The van der Waals surface area contributed by atoms with Gasteiger partial charge in [0.15, 0.2) is 0 Å². The summed E-state index contributed by atoms with van der Waals surface area (Å²) in [5.74, 6) is 0.0476. The standard InChI is InChI=1S/C15H26N2O3/c1-3-6-13-14(18)16-11(2)15(19)17(13)9-4-7-12-8-5-10-20-12/h11-13H,3-10H2,1-2H3,(H,16,18). The Hall–Kier alpha value is -1.10. The molecule has 0 spiro atoms. The average Bonchev–Trinajstić information content (AvgIpc) is 2.92. The molecule has 0 aromatic rings. The van der Waals surface area contributed by atoms with Gasteiger partial charge in [-0.2, -0.15) is 0 Å². The lowest BCUT2D eigenvalue weighted by Gasteiger charge is -2.38. The van der Waals surface area contributed by atoms with Gasteiger partial charge in [-0.25, -0.2) is 0 Å². The molecular formula is C15H26N2O3. The SMILES string of the molecule is CCCC1C(=O)NC(C)C(=O)N1CCCC1CCCO1. The molecule has 114 valence electrons. The van der Waals surface area contributed by atoms with E-state index in [0.29, 0.717) is 12.6 Å². The second-order valence-corrected chi connectivity index (χ2v) is 5.84. The van der Waals surface area contributed by atoms with E-state index in [9.17, 15) is 9.59 Å². The van der Waals surface area contributed by atoms with Crippen LogP contribution in [0.1, 0.15) is 52.4 Å². The number of piperazine rings is 1. The van der Waals surface area contributed by atoms with Crippen molar-refractivity contribution in [3.05, 3.63) is 0 Å². The molecule has 5 nitrogen and oxygen atoms in total. The van der Waals surface area contributed by atoms with Gasteiger partial charge in [-0.05, 0) is 39.0 Å². The average molecular weight is 282 g/mol. The summed E-state index contributed by atoms with van der Waals surface area (Å²) in [7, 11) is 0. The van der Waals surface area contributed by atoms with Gasteiger partial charge in [-0.3, -0.25) is 9.59 Å². The molecule has 2 amide bonds. The largest absolute Gasteiger partial charge is 0.378 e. The molecule has 5 heteroatoms. The first kappa shape index (κ1) is 15.3. The van der Waals surface area contributed by atoms with Crippen LogP contribution in [0.2, 0.25) is 0 Å². The summed E-state index contributed by atoms with van der Waals surface area (Å²) >= 11 is 0. The molecule has 2 saturated heterocycles. The second-order valence-electron chi connectivity index (χ2n) is 5.84. The minimum atomic E-state index is -0.390. The molecular weight excluding hydrogens is 256 g/mol. The first-order valence-corrected chi connectivity index (χ1v) is 7.86. The minimum absolute atomic E-state index is 0.00364. The van der Waals surface area contributed by atoms with Crippen LogP contribution in [0.3, 0.4) is 0 Å². The molecule has 1 N–H and O–H groups in total. The van der Waals surface area contributed by atoms with E-state index in [4.69, 9.17) is 4.74 Å². The summed E-state index contributed by atoms with van der Waals surface area (Å²) in [5.41, 5.74) is 0. The second kappa shape index (κ2) is 7.07. The quantitative estimate of drug-likeness (QED) is 0.802. The number of amides is 2. The lowest BCUT2D eigenvalue weighted by molar-refractivity contribution is -0.149. The van der Waals surface area contributed by atoms with Crippen molar-refractivity contribution in [3.63, 3.8) is 0 Å². The monoisotopic (exact) mass is 282 g/mol. The molecule has 0 aromatic carbocycles. The molecule has 0 radical (unpaired) electrons. The third-order valence-corrected chi connectivity index (χ3v) is 4.20. The van der Waals surface area contributed by atoms with Gasteiger partial charge in [-0.1, -0.05) is 13.3 Å². The third kappa shape index (κ3) is 3.51. The normalized spacial score (nSPS) is 30.7. The highest BCUT2D eigenvalue weighted by molar-refractivity contribution is 5.96. The molecule has 2 aliphatic heterocycles. The Morgan fingerprint density at radius 1 is 1.35 bits per heavy atom. The first-order chi connectivity index (χ1) is 9.63. The number of nitrogens with zero attached hydrogens (tertiary/aromatic N) is 1. The van der Waals surface area contributed by atoms with Crippen molar-refractivity contribution in [2.24, 2.45) is 0 Å². The van der Waals surface area contributed by atoms with Crippen molar-refractivity contribution < 1.29 is 14.3 Å². The Balaban J connectivity index is 1.89.